The van der Waals surface area contributed by atoms with Gasteiger partial charge in [0, 0.05) is 6.54 Å². The van der Waals surface area contributed by atoms with Gasteiger partial charge in [0.25, 0.3) is 0 Å². The van der Waals surface area contributed by atoms with E-state index in [0.717, 1.165) is 17.8 Å². The Kier molecular flexibility index (Phi) is 2.60. The van der Waals surface area contributed by atoms with Crippen LogP contribution in [0.3, 0.4) is 0 Å². The Morgan fingerprint density at radius 1 is 1.64 bits per heavy atom. The first-order valence-corrected chi connectivity index (χ1v) is 5.43. The lowest BCUT2D eigenvalue weighted by Gasteiger charge is -2.10. The molecule has 2 N–H and O–H groups in total. The molecule has 0 aliphatic rings. The second-order valence-electron chi connectivity index (χ2n) is 3.01. The quantitative estimate of drug-likeness (QED) is 0.829. The number of nitrogens with zero attached hydrogens (tertiary/aromatic N) is 3. The maximum Gasteiger partial charge on any atom is 0.0799 e. The van der Waals surface area contributed by atoms with Crippen molar-refractivity contribution in [1.82, 2.24) is 15.0 Å². The number of aromatic nitrogens is 3. The molecule has 5 heteroatoms. The zero-order chi connectivity index (χ0) is 9.97. The van der Waals surface area contributed by atoms with Gasteiger partial charge >= 0.3 is 0 Å². The number of thiophene rings is 1. The van der Waals surface area contributed by atoms with Gasteiger partial charge in [-0.1, -0.05) is 5.21 Å². The van der Waals surface area contributed by atoms with Crippen LogP contribution < -0.4 is 5.73 Å². The number of nitrogens with two attached hydrogens (primary N) is 1. The van der Waals surface area contributed by atoms with Gasteiger partial charge in [0.15, 0.2) is 0 Å². The molecule has 0 aliphatic heterocycles. The minimum Gasteiger partial charge on any atom is -0.319 e. The average Bonchev–Trinajstić information content (AvgIpc) is 2.87. The van der Waals surface area contributed by atoms with Gasteiger partial charge in [-0.3, -0.25) is 0 Å². The summed E-state index contributed by atoms with van der Waals surface area (Å²) in [7, 11) is 0. The summed E-state index contributed by atoms with van der Waals surface area (Å²) >= 11 is 1.65. The molecule has 14 heavy (non-hydrogen) atoms. The molecule has 0 aromatic carbocycles. The highest BCUT2D eigenvalue weighted by molar-refractivity contribution is 7.07. The van der Waals surface area contributed by atoms with E-state index in [1.165, 1.54) is 0 Å². The van der Waals surface area contributed by atoms with Crippen molar-refractivity contribution in [3.05, 3.63) is 34.3 Å². The van der Waals surface area contributed by atoms with Crippen molar-refractivity contribution in [2.75, 3.05) is 0 Å². The molecule has 1 atom stereocenters. The number of hydrogen-bond donors (Lipinski definition) is 1. The third kappa shape index (κ3) is 1.56. The molecular weight excluding hydrogens is 196 g/mol. The smallest absolute Gasteiger partial charge is 0.0799 e. The van der Waals surface area contributed by atoms with Crippen molar-refractivity contribution in [2.45, 2.75) is 19.5 Å². The second-order valence-corrected chi connectivity index (χ2v) is 3.79. The number of aryl methyl sites for hydroxylation is 1. The normalized spacial score (nSPS) is 13.0. The van der Waals surface area contributed by atoms with E-state index in [9.17, 15) is 0 Å². The summed E-state index contributed by atoms with van der Waals surface area (Å²) in [5.74, 6) is 0. The fourth-order valence-corrected chi connectivity index (χ4v) is 2.07. The maximum absolute atomic E-state index is 6.09. The Hall–Kier alpha value is -1.20. The molecule has 0 fully saturated rings. The van der Waals surface area contributed by atoms with Crippen molar-refractivity contribution >= 4 is 11.3 Å². The predicted octanol–water partition coefficient (Wildman–Crippen LogP) is 1.41. The molecule has 1 unspecified atom stereocenters. The van der Waals surface area contributed by atoms with Gasteiger partial charge < -0.3 is 5.73 Å². The maximum atomic E-state index is 6.09. The van der Waals surface area contributed by atoms with Gasteiger partial charge in [0.05, 0.1) is 17.9 Å². The molecule has 0 bridgehead atoms. The Morgan fingerprint density at radius 3 is 3.14 bits per heavy atom. The molecule has 0 aliphatic carbocycles. The second kappa shape index (κ2) is 3.89. The molecular formula is C9H12N4S. The van der Waals surface area contributed by atoms with Crippen LogP contribution in [0, 0.1) is 0 Å². The fourth-order valence-electron chi connectivity index (χ4n) is 1.37. The summed E-state index contributed by atoms with van der Waals surface area (Å²) in [5.41, 5.74) is 8.17. The minimum absolute atomic E-state index is 0.115. The SMILES string of the molecule is CCn1nncc1C(N)c1ccsc1. The third-order valence-electron chi connectivity index (χ3n) is 2.17. The van der Waals surface area contributed by atoms with E-state index in [-0.39, 0.29) is 6.04 Å². The van der Waals surface area contributed by atoms with E-state index in [1.807, 2.05) is 23.1 Å². The van der Waals surface area contributed by atoms with Gasteiger partial charge in [0.1, 0.15) is 0 Å². The lowest BCUT2D eigenvalue weighted by molar-refractivity contribution is 0.582. The van der Waals surface area contributed by atoms with Crippen LogP contribution in [0.25, 0.3) is 0 Å². The molecule has 2 aromatic heterocycles. The van der Waals surface area contributed by atoms with Gasteiger partial charge in [-0.05, 0) is 29.3 Å². The molecule has 4 nitrogen and oxygen atoms in total. The Morgan fingerprint density at radius 2 is 2.50 bits per heavy atom. The van der Waals surface area contributed by atoms with E-state index in [1.54, 1.807) is 17.5 Å². The Bertz CT molecular complexity index is 393. The molecule has 0 spiro atoms. The van der Waals surface area contributed by atoms with Crippen molar-refractivity contribution < 1.29 is 0 Å². The highest BCUT2D eigenvalue weighted by Gasteiger charge is 2.14. The zero-order valence-electron chi connectivity index (χ0n) is 7.92. The summed E-state index contributed by atoms with van der Waals surface area (Å²) in [6.45, 7) is 2.83. The standard InChI is InChI=1S/C9H12N4S/c1-2-13-8(5-11-12-13)9(10)7-3-4-14-6-7/h3-6,9H,2,10H2,1H3. The molecule has 2 aromatic rings. The molecule has 0 saturated carbocycles. The highest BCUT2D eigenvalue weighted by Crippen LogP contribution is 2.20. The summed E-state index contributed by atoms with van der Waals surface area (Å²) in [5, 5.41) is 11.9. The van der Waals surface area contributed by atoms with Crippen LogP contribution in [-0.4, -0.2) is 15.0 Å². The number of rotatable bonds is 3. The molecule has 0 saturated heterocycles. The van der Waals surface area contributed by atoms with Gasteiger partial charge in [0.2, 0.25) is 0 Å². The van der Waals surface area contributed by atoms with Crippen molar-refractivity contribution in [2.24, 2.45) is 5.73 Å². The first-order valence-electron chi connectivity index (χ1n) is 4.49. The Balaban J connectivity index is 2.31. The first kappa shape index (κ1) is 9.36. The third-order valence-corrected chi connectivity index (χ3v) is 2.87. The topological polar surface area (TPSA) is 56.7 Å². The summed E-state index contributed by atoms with van der Waals surface area (Å²) in [4.78, 5) is 0. The van der Waals surface area contributed by atoms with Crippen LogP contribution in [0.15, 0.2) is 23.0 Å². The summed E-state index contributed by atoms with van der Waals surface area (Å²) in [6, 6.07) is 1.92. The molecule has 2 rings (SSSR count). The van der Waals surface area contributed by atoms with Crippen LogP contribution in [0.1, 0.15) is 24.2 Å². The molecule has 2 heterocycles. The van der Waals surface area contributed by atoms with E-state index in [2.05, 4.69) is 15.7 Å². The monoisotopic (exact) mass is 208 g/mol. The van der Waals surface area contributed by atoms with Crippen molar-refractivity contribution in [3.8, 4) is 0 Å². The molecule has 0 amide bonds. The van der Waals surface area contributed by atoms with Crippen LogP contribution in [-0.2, 0) is 6.54 Å². The van der Waals surface area contributed by atoms with Crippen LogP contribution in [0.4, 0.5) is 0 Å². The van der Waals surface area contributed by atoms with E-state index >= 15 is 0 Å². The first-order chi connectivity index (χ1) is 6.83. The summed E-state index contributed by atoms with van der Waals surface area (Å²) < 4.78 is 1.82. The lowest BCUT2D eigenvalue weighted by Crippen LogP contribution is -2.16. The van der Waals surface area contributed by atoms with Crippen molar-refractivity contribution in [3.63, 3.8) is 0 Å². The molecule has 74 valence electrons. The number of hydrogen-bond acceptors (Lipinski definition) is 4. The van der Waals surface area contributed by atoms with E-state index in [0.29, 0.717) is 0 Å². The fraction of sp³-hybridized carbons (Fsp3) is 0.333. The van der Waals surface area contributed by atoms with Crippen LogP contribution in [0.5, 0.6) is 0 Å². The van der Waals surface area contributed by atoms with Gasteiger partial charge in [-0.2, -0.15) is 11.3 Å². The van der Waals surface area contributed by atoms with Gasteiger partial charge in [-0.25, -0.2) is 4.68 Å². The largest absolute Gasteiger partial charge is 0.319 e. The summed E-state index contributed by atoms with van der Waals surface area (Å²) in [6.07, 6.45) is 1.73. The van der Waals surface area contributed by atoms with Crippen LogP contribution in [0.2, 0.25) is 0 Å². The van der Waals surface area contributed by atoms with Gasteiger partial charge in [-0.15, -0.1) is 5.10 Å². The minimum atomic E-state index is -0.115. The van der Waals surface area contributed by atoms with Crippen LogP contribution >= 0.6 is 11.3 Å². The van der Waals surface area contributed by atoms with E-state index in [4.69, 9.17) is 5.73 Å². The van der Waals surface area contributed by atoms with E-state index < -0.39 is 0 Å². The van der Waals surface area contributed by atoms with Crippen molar-refractivity contribution in [1.29, 1.82) is 0 Å². The lowest BCUT2D eigenvalue weighted by atomic mass is 10.1. The zero-order valence-corrected chi connectivity index (χ0v) is 8.74. The Labute approximate surface area is 86.4 Å². The predicted molar refractivity (Wildman–Crippen MR) is 56.0 cm³/mol. The molecule has 0 radical (unpaired) electrons. The highest BCUT2D eigenvalue weighted by atomic mass is 32.1. The average molecular weight is 208 g/mol.